The molecule has 0 aromatic carbocycles. The van der Waals surface area contributed by atoms with Crippen LogP contribution in [0.1, 0.15) is 48.3 Å². The first kappa shape index (κ1) is 16.2. The minimum atomic E-state index is -0.0816. The summed E-state index contributed by atoms with van der Waals surface area (Å²) in [4.78, 5) is 33.1. The lowest BCUT2D eigenvalue weighted by atomic mass is 9.92. The molecule has 3 rings (SSSR count). The highest BCUT2D eigenvalue weighted by atomic mass is 32.1. The monoisotopic (exact) mass is 333 g/mol. The van der Waals surface area contributed by atoms with Gasteiger partial charge in [0.1, 0.15) is 4.83 Å². The molecular formula is C17H23N3O2S. The number of hydrogen-bond acceptors (Lipinski definition) is 4. The van der Waals surface area contributed by atoms with Crippen molar-refractivity contribution in [3.05, 3.63) is 27.1 Å². The zero-order chi connectivity index (χ0) is 16.7. The molecule has 1 aliphatic rings. The van der Waals surface area contributed by atoms with E-state index in [2.05, 4.69) is 18.8 Å². The summed E-state index contributed by atoms with van der Waals surface area (Å²) in [7, 11) is 1.69. The maximum atomic E-state index is 13.1. The van der Waals surface area contributed by atoms with Crippen LogP contribution in [0.3, 0.4) is 0 Å². The van der Waals surface area contributed by atoms with Crippen molar-refractivity contribution < 1.29 is 4.79 Å². The van der Waals surface area contributed by atoms with Gasteiger partial charge in [0, 0.05) is 19.6 Å². The molecular weight excluding hydrogens is 310 g/mol. The Morgan fingerprint density at radius 2 is 2.13 bits per heavy atom. The van der Waals surface area contributed by atoms with E-state index in [1.165, 1.54) is 28.7 Å². The fourth-order valence-electron chi connectivity index (χ4n) is 3.45. The summed E-state index contributed by atoms with van der Waals surface area (Å²) < 4.78 is 1.47. The second kappa shape index (κ2) is 6.07. The van der Waals surface area contributed by atoms with Gasteiger partial charge in [0.05, 0.1) is 16.6 Å². The van der Waals surface area contributed by atoms with Gasteiger partial charge in [0.2, 0.25) is 0 Å². The molecule has 6 heteroatoms. The van der Waals surface area contributed by atoms with E-state index in [1.807, 2.05) is 11.8 Å². The summed E-state index contributed by atoms with van der Waals surface area (Å²) in [6.45, 7) is 7.01. The molecule has 3 heterocycles. The summed E-state index contributed by atoms with van der Waals surface area (Å²) in [6, 6.07) is 0.289. The highest BCUT2D eigenvalue weighted by Gasteiger charge is 2.31. The lowest BCUT2D eigenvalue weighted by Crippen LogP contribution is -2.46. The van der Waals surface area contributed by atoms with Crippen LogP contribution >= 0.6 is 11.3 Å². The van der Waals surface area contributed by atoms with Gasteiger partial charge in [-0.25, -0.2) is 4.98 Å². The quantitative estimate of drug-likeness (QED) is 0.849. The molecule has 0 N–H and O–H groups in total. The number of carbonyl (C=O) groups excluding carboxylic acids is 1. The van der Waals surface area contributed by atoms with Gasteiger partial charge in [-0.1, -0.05) is 13.8 Å². The predicted molar refractivity (Wildman–Crippen MR) is 93.1 cm³/mol. The summed E-state index contributed by atoms with van der Waals surface area (Å²) in [6.07, 6.45) is 4.82. The van der Waals surface area contributed by atoms with E-state index < -0.39 is 0 Å². The number of aryl methyl sites for hydroxylation is 2. The molecule has 0 unspecified atom stereocenters. The third-order valence-corrected chi connectivity index (χ3v) is 5.97. The van der Waals surface area contributed by atoms with Gasteiger partial charge in [-0.15, -0.1) is 11.3 Å². The highest BCUT2D eigenvalue weighted by Crippen LogP contribution is 2.31. The fourth-order valence-corrected chi connectivity index (χ4v) is 4.54. The van der Waals surface area contributed by atoms with Crippen LogP contribution in [0.5, 0.6) is 0 Å². The van der Waals surface area contributed by atoms with Crippen molar-refractivity contribution in [2.45, 2.75) is 46.1 Å². The molecule has 0 bridgehead atoms. The van der Waals surface area contributed by atoms with Crippen LogP contribution in [-0.4, -0.2) is 32.9 Å². The van der Waals surface area contributed by atoms with E-state index in [9.17, 15) is 9.59 Å². The minimum absolute atomic E-state index is 0.0611. The molecule has 1 saturated heterocycles. The lowest BCUT2D eigenvalue weighted by molar-refractivity contribution is 0.0547. The fraction of sp³-hybridized carbons (Fsp3) is 0.588. The first-order chi connectivity index (χ1) is 10.9. The number of fused-ring (bicyclic) bond motifs is 1. The molecule has 2 aromatic heterocycles. The van der Waals surface area contributed by atoms with Gasteiger partial charge in [-0.2, -0.15) is 0 Å². The van der Waals surface area contributed by atoms with E-state index in [0.717, 1.165) is 24.9 Å². The van der Waals surface area contributed by atoms with Crippen molar-refractivity contribution in [1.29, 1.82) is 0 Å². The zero-order valence-corrected chi connectivity index (χ0v) is 14.9. The second-order valence-electron chi connectivity index (χ2n) is 6.70. The number of rotatable bonds is 2. The number of nitrogens with zero attached hydrogens (tertiary/aromatic N) is 3. The molecule has 1 fully saturated rings. The van der Waals surface area contributed by atoms with E-state index in [0.29, 0.717) is 21.0 Å². The van der Waals surface area contributed by atoms with Crippen LogP contribution in [0, 0.1) is 12.8 Å². The van der Waals surface area contributed by atoms with E-state index in [-0.39, 0.29) is 17.5 Å². The van der Waals surface area contributed by atoms with Gasteiger partial charge < -0.3 is 9.47 Å². The van der Waals surface area contributed by atoms with Gasteiger partial charge in [0.25, 0.3) is 11.5 Å². The number of aromatic nitrogens is 2. The number of amides is 1. The minimum Gasteiger partial charge on any atom is -0.335 e. The Morgan fingerprint density at radius 3 is 2.83 bits per heavy atom. The molecule has 5 nitrogen and oxygen atoms in total. The van der Waals surface area contributed by atoms with Crippen molar-refractivity contribution >= 4 is 27.5 Å². The molecule has 2 aromatic rings. The SMILES string of the molecule is Cc1c(C(=O)N2CCCC[C@H]2C(C)C)sc2ncn(C)c(=O)c12. The van der Waals surface area contributed by atoms with Crippen molar-refractivity contribution in [2.75, 3.05) is 6.54 Å². The highest BCUT2D eigenvalue weighted by molar-refractivity contribution is 7.20. The number of carbonyl (C=O) groups is 1. The first-order valence-electron chi connectivity index (χ1n) is 8.17. The molecule has 23 heavy (non-hydrogen) atoms. The molecule has 1 aliphatic heterocycles. The topological polar surface area (TPSA) is 55.2 Å². The second-order valence-corrected chi connectivity index (χ2v) is 7.70. The van der Waals surface area contributed by atoms with Crippen LogP contribution in [0.4, 0.5) is 0 Å². The Bertz CT molecular complexity index is 806. The molecule has 0 aliphatic carbocycles. The van der Waals surface area contributed by atoms with Crippen LogP contribution < -0.4 is 5.56 Å². The van der Waals surface area contributed by atoms with E-state index in [1.54, 1.807) is 7.05 Å². The van der Waals surface area contributed by atoms with Crippen molar-refractivity contribution in [1.82, 2.24) is 14.5 Å². The standard InChI is InChI=1S/C17H23N3O2S/c1-10(2)12-7-5-6-8-20(12)17(22)14-11(3)13-15(23-14)18-9-19(4)16(13)21/h9-10,12H,5-8H2,1-4H3/t12-/m0/s1. The molecule has 0 spiro atoms. The summed E-state index contributed by atoms with van der Waals surface area (Å²) in [5.74, 6) is 0.505. The van der Waals surface area contributed by atoms with Crippen LogP contribution in [-0.2, 0) is 7.05 Å². The molecule has 124 valence electrons. The predicted octanol–water partition coefficient (Wildman–Crippen LogP) is 2.95. The Labute approximate surface area is 139 Å². The summed E-state index contributed by atoms with van der Waals surface area (Å²) in [5, 5.41) is 0.585. The third-order valence-electron chi connectivity index (χ3n) is 4.78. The smallest absolute Gasteiger partial charge is 0.264 e. The van der Waals surface area contributed by atoms with Crippen molar-refractivity contribution in [3.63, 3.8) is 0 Å². The van der Waals surface area contributed by atoms with E-state index in [4.69, 9.17) is 0 Å². The maximum Gasteiger partial charge on any atom is 0.264 e. The van der Waals surface area contributed by atoms with Crippen LogP contribution in [0.15, 0.2) is 11.1 Å². The molecule has 0 radical (unpaired) electrons. The Balaban J connectivity index is 2.06. The van der Waals surface area contributed by atoms with Gasteiger partial charge in [-0.3, -0.25) is 9.59 Å². The summed E-state index contributed by atoms with van der Waals surface area (Å²) in [5.41, 5.74) is 0.693. The molecule has 1 amide bonds. The van der Waals surface area contributed by atoms with Gasteiger partial charge >= 0.3 is 0 Å². The van der Waals surface area contributed by atoms with Crippen molar-refractivity contribution in [2.24, 2.45) is 13.0 Å². The lowest BCUT2D eigenvalue weighted by Gasteiger charge is -2.38. The Morgan fingerprint density at radius 1 is 1.39 bits per heavy atom. The Kier molecular flexibility index (Phi) is 4.27. The van der Waals surface area contributed by atoms with Crippen LogP contribution in [0.2, 0.25) is 0 Å². The van der Waals surface area contributed by atoms with Crippen LogP contribution in [0.25, 0.3) is 10.2 Å². The van der Waals surface area contributed by atoms with Gasteiger partial charge in [-0.05, 0) is 37.7 Å². The van der Waals surface area contributed by atoms with Crippen molar-refractivity contribution in [3.8, 4) is 0 Å². The average Bonchev–Trinajstić information content (AvgIpc) is 2.87. The summed E-state index contributed by atoms with van der Waals surface area (Å²) >= 11 is 1.35. The zero-order valence-electron chi connectivity index (χ0n) is 14.1. The normalized spacial score (nSPS) is 18.8. The van der Waals surface area contributed by atoms with E-state index >= 15 is 0 Å². The largest absolute Gasteiger partial charge is 0.335 e. The number of hydrogen-bond donors (Lipinski definition) is 0. The Hall–Kier alpha value is -1.69. The average molecular weight is 333 g/mol. The number of piperidine rings is 1. The number of likely N-dealkylation sites (tertiary alicyclic amines) is 1. The first-order valence-corrected chi connectivity index (χ1v) is 8.99. The maximum absolute atomic E-state index is 13.1. The molecule has 1 atom stereocenters. The third kappa shape index (κ3) is 2.69. The number of thiophene rings is 1. The molecule has 0 saturated carbocycles. The van der Waals surface area contributed by atoms with Gasteiger partial charge in [0.15, 0.2) is 0 Å².